The van der Waals surface area contributed by atoms with E-state index in [2.05, 4.69) is 26.6 Å². The van der Waals surface area contributed by atoms with E-state index in [-0.39, 0.29) is 17.9 Å². The molecule has 1 aliphatic heterocycles. The minimum atomic E-state index is 0.0306. The molecule has 1 amide bonds. The van der Waals surface area contributed by atoms with E-state index in [0.717, 1.165) is 28.9 Å². The highest BCUT2D eigenvalue weighted by Gasteiger charge is 2.29. The van der Waals surface area contributed by atoms with Crippen molar-refractivity contribution in [1.29, 1.82) is 0 Å². The predicted molar refractivity (Wildman–Crippen MR) is 74.9 cm³/mol. The molecule has 0 saturated carbocycles. The smallest absolute Gasteiger partial charge is 0.229 e. The molecule has 1 fully saturated rings. The van der Waals surface area contributed by atoms with Gasteiger partial charge in [0.1, 0.15) is 5.75 Å². The van der Waals surface area contributed by atoms with E-state index in [1.807, 2.05) is 25.1 Å². The van der Waals surface area contributed by atoms with Crippen molar-refractivity contribution in [3.8, 4) is 5.75 Å². The molecule has 0 aromatic heterocycles. The van der Waals surface area contributed by atoms with E-state index in [9.17, 15) is 4.79 Å². The molecule has 1 aromatic carbocycles. The van der Waals surface area contributed by atoms with Crippen LogP contribution in [0, 0.1) is 5.92 Å². The molecule has 1 saturated heterocycles. The Morgan fingerprint density at radius 2 is 2.33 bits per heavy atom. The van der Waals surface area contributed by atoms with Gasteiger partial charge in [-0.1, -0.05) is 0 Å². The average molecular weight is 313 g/mol. The molecule has 2 N–H and O–H groups in total. The summed E-state index contributed by atoms with van der Waals surface area (Å²) in [6, 6.07) is 5.76. The summed E-state index contributed by atoms with van der Waals surface area (Å²) >= 11 is 3.43. The van der Waals surface area contributed by atoms with Crippen molar-refractivity contribution in [2.75, 3.05) is 19.0 Å². The van der Waals surface area contributed by atoms with E-state index in [0.29, 0.717) is 0 Å². The molecule has 18 heavy (non-hydrogen) atoms. The first-order chi connectivity index (χ1) is 8.61. The van der Waals surface area contributed by atoms with Gasteiger partial charge in [-0.05, 0) is 48.0 Å². The van der Waals surface area contributed by atoms with E-state index in [1.54, 1.807) is 7.11 Å². The summed E-state index contributed by atoms with van der Waals surface area (Å²) in [4.78, 5) is 12.2. The molecule has 1 heterocycles. The van der Waals surface area contributed by atoms with Gasteiger partial charge in [0.2, 0.25) is 5.91 Å². The lowest BCUT2D eigenvalue weighted by Crippen LogP contribution is -2.32. The van der Waals surface area contributed by atoms with E-state index in [1.165, 1.54) is 0 Å². The summed E-state index contributed by atoms with van der Waals surface area (Å²) in [6.07, 6.45) is 0.884. The third kappa shape index (κ3) is 2.84. The zero-order chi connectivity index (χ0) is 13.1. The van der Waals surface area contributed by atoms with Gasteiger partial charge in [-0.15, -0.1) is 0 Å². The van der Waals surface area contributed by atoms with Crippen molar-refractivity contribution in [3.63, 3.8) is 0 Å². The Morgan fingerprint density at radius 1 is 1.56 bits per heavy atom. The van der Waals surface area contributed by atoms with Crippen LogP contribution in [0.2, 0.25) is 0 Å². The molecule has 1 aromatic rings. The maximum atomic E-state index is 12.2. The first-order valence-electron chi connectivity index (χ1n) is 5.99. The molecule has 0 spiro atoms. The highest BCUT2D eigenvalue weighted by atomic mass is 79.9. The maximum Gasteiger partial charge on any atom is 0.229 e. The van der Waals surface area contributed by atoms with Gasteiger partial charge in [0.15, 0.2) is 0 Å². The lowest BCUT2D eigenvalue weighted by atomic mass is 10.0. The Hall–Kier alpha value is -1.07. The fraction of sp³-hybridized carbons (Fsp3) is 0.462. The standard InChI is InChI=1S/C13H17BrN2O2/c1-8-10(5-6-15-8)13(17)16-12-7-9(18-2)3-4-11(12)14/h3-4,7-8,10,15H,5-6H2,1-2H3,(H,16,17). The molecule has 2 unspecified atom stereocenters. The second kappa shape index (κ2) is 5.71. The van der Waals surface area contributed by atoms with Gasteiger partial charge in [-0.3, -0.25) is 4.79 Å². The number of hydrogen-bond donors (Lipinski definition) is 2. The van der Waals surface area contributed by atoms with Crippen LogP contribution >= 0.6 is 15.9 Å². The van der Waals surface area contributed by atoms with Gasteiger partial charge in [-0.25, -0.2) is 0 Å². The van der Waals surface area contributed by atoms with Crippen LogP contribution in [0.15, 0.2) is 22.7 Å². The summed E-state index contributed by atoms with van der Waals surface area (Å²) in [5.41, 5.74) is 0.749. The van der Waals surface area contributed by atoms with Crippen LogP contribution in [0.25, 0.3) is 0 Å². The van der Waals surface area contributed by atoms with Gasteiger partial charge in [0.05, 0.1) is 18.7 Å². The monoisotopic (exact) mass is 312 g/mol. The van der Waals surface area contributed by atoms with Crippen molar-refractivity contribution in [3.05, 3.63) is 22.7 Å². The fourth-order valence-electron chi connectivity index (χ4n) is 2.17. The number of benzene rings is 1. The van der Waals surface area contributed by atoms with Crippen molar-refractivity contribution < 1.29 is 9.53 Å². The summed E-state index contributed by atoms with van der Waals surface area (Å²) in [6.45, 7) is 2.94. The normalized spacial score (nSPS) is 22.8. The highest BCUT2D eigenvalue weighted by molar-refractivity contribution is 9.10. The van der Waals surface area contributed by atoms with Gasteiger partial charge < -0.3 is 15.4 Å². The van der Waals surface area contributed by atoms with Gasteiger partial charge >= 0.3 is 0 Å². The highest BCUT2D eigenvalue weighted by Crippen LogP contribution is 2.28. The largest absolute Gasteiger partial charge is 0.497 e. The van der Waals surface area contributed by atoms with Gasteiger partial charge in [0, 0.05) is 16.6 Å². The summed E-state index contributed by atoms with van der Waals surface area (Å²) in [7, 11) is 1.61. The Kier molecular flexibility index (Phi) is 4.24. The van der Waals surface area contributed by atoms with Crippen LogP contribution in [-0.2, 0) is 4.79 Å². The zero-order valence-corrected chi connectivity index (χ0v) is 12.1. The second-order valence-corrected chi connectivity index (χ2v) is 5.33. The molecular weight excluding hydrogens is 296 g/mol. The fourth-order valence-corrected chi connectivity index (χ4v) is 2.52. The van der Waals surface area contributed by atoms with Gasteiger partial charge in [-0.2, -0.15) is 0 Å². The number of nitrogens with one attached hydrogen (secondary N) is 2. The second-order valence-electron chi connectivity index (χ2n) is 4.47. The Morgan fingerprint density at radius 3 is 2.94 bits per heavy atom. The van der Waals surface area contributed by atoms with Crippen LogP contribution in [0.5, 0.6) is 5.75 Å². The van der Waals surface area contributed by atoms with E-state index < -0.39 is 0 Å². The number of anilines is 1. The zero-order valence-electron chi connectivity index (χ0n) is 10.5. The Labute approximate surface area is 115 Å². The third-order valence-electron chi connectivity index (χ3n) is 3.29. The molecule has 0 radical (unpaired) electrons. The first-order valence-corrected chi connectivity index (χ1v) is 6.79. The topological polar surface area (TPSA) is 50.4 Å². The van der Waals surface area contributed by atoms with Crippen molar-refractivity contribution in [2.24, 2.45) is 5.92 Å². The molecule has 1 aliphatic rings. The SMILES string of the molecule is COc1ccc(Br)c(NC(=O)C2CCNC2C)c1. The van der Waals surface area contributed by atoms with Crippen molar-refractivity contribution >= 4 is 27.5 Å². The number of amides is 1. The quantitative estimate of drug-likeness (QED) is 0.901. The minimum absolute atomic E-state index is 0.0306. The van der Waals surface area contributed by atoms with Gasteiger partial charge in [0.25, 0.3) is 0 Å². The minimum Gasteiger partial charge on any atom is -0.497 e. The average Bonchev–Trinajstić information content (AvgIpc) is 2.78. The molecular formula is C13H17BrN2O2. The lowest BCUT2D eigenvalue weighted by Gasteiger charge is -2.16. The number of methoxy groups -OCH3 is 1. The van der Waals surface area contributed by atoms with Crippen LogP contribution in [0.3, 0.4) is 0 Å². The number of halogens is 1. The van der Waals surface area contributed by atoms with E-state index in [4.69, 9.17) is 4.74 Å². The maximum absolute atomic E-state index is 12.2. The molecule has 2 rings (SSSR count). The molecule has 0 aliphatic carbocycles. The molecule has 4 nitrogen and oxygen atoms in total. The molecule has 5 heteroatoms. The van der Waals surface area contributed by atoms with Crippen LogP contribution in [0.1, 0.15) is 13.3 Å². The number of hydrogen-bond acceptors (Lipinski definition) is 3. The first kappa shape index (κ1) is 13.4. The Bertz CT molecular complexity index is 451. The molecule has 0 bridgehead atoms. The Balaban J connectivity index is 2.11. The number of ether oxygens (including phenoxy) is 1. The van der Waals surface area contributed by atoms with Crippen LogP contribution < -0.4 is 15.4 Å². The number of carbonyl (C=O) groups excluding carboxylic acids is 1. The summed E-state index contributed by atoms with van der Waals surface area (Å²) in [5, 5.41) is 6.23. The lowest BCUT2D eigenvalue weighted by molar-refractivity contribution is -0.120. The summed E-state index contributed by atoms with van der Waals surface area (Å²) in [5.74, 6) is 0.815. The molecule has 98 valence electrons. The number of rotatable bonds is 3. The predicted octanol–water partition coefficient (Wildman–Crippen LogP) is 2.39. The number of carbonyl (C=O) groups is 1. The van der Waals surface area contributed by atoms with Crippen LogP contribution in [-0.4, -0.2) is 25.6 Å². The summed E-state index contributed by atoms with van der Waals surface area (Å²) < 4.78 is 6.01. The van der Waals surface area contributed by atoms with Crippen molar-refractivity contribution in [1.82, 2.24) is 5.32 Å². The molecule has 2 atom stereocenters. The van der Waals surface area contributed by atoms with Crippen molar-refractivity contribution in [2.45, 2.75) is 19.4 Å². The third-order valence-corrected chi connectivity index (χ3v) is 3.98. The van der Waals surface area contributed by atoms with E-state index >= 15 is 0 Å². The van der Waals surface area contributed by atoms with Crippen LogP contribution in [0.4, 0.5) is 5.69 Å².